The molecule has 0 spiro atoms. The van der Waals surface area contributed by atoms with Gasteiger partial charge < -0.3 is 89.9 Å². The van der Waals surface area contributed by atoms with Crippen molar-refractivity contribution in [2.75, 3.05) is 26.4 Å². The van der Waals surface area contributed by atoms with Crippen LogP contribution < -0.4 is 5.32 Å². The molecule has 3 aliphatic rings. The Morgan fingerprint density at radius 3 is 1.03 bits per heavy atom. The third-order valence-corrected chi connectivity index (χ3v) is 20.1. The lowest BCUT2D eigenvalue weighted by atomic mass is 9.96. The number of hydrogen-bond donors (Lipinski definition) is 12. The molecule has 0 radical (unpaired) electrons. The molecule has 0 aromatic rings. The van der Waals surface area contributed by atoms with Crippen LogP contribution in [-0.2, 0) is 33.2 Å². The SMILES string of the molecule is CC/C=C\C/C=C\C/C=C\C/C=C\C/C=C\C/C=C\C/C=C\C/C=C\C/C=C\CCCCCCCCCCCCCC(=O)NC(COC1OC(CO)C(OC2OC(CO)C(OC3OC(CO)C(O)C(O)C3O)C(O)C2O)C(O)C1O)C(O)/C=C/CC/C=C/CC/C=C/CCCCCCCCCCCCCCCCC. The summed E-state index contributed by atoms with van der Waals surface area (Å²) in [4.78, 5) is 13.5. The molecule has 0 saturated carbocycles. The van der Waals surface area contributed by atoms with Crippen molar-refractivity contribution in [3.8, 4) is 0 Å². The van der Waals surface area contributed by atoms with Crippen molar-refractivity contribution in [2.24, 2.45) is 0 Å². The van der Waals surface area contributed by atoms with Crippen LogP contribution in [0.2, 0.25) is 0 Å². The number of aliphatic hydroxyl groups excluding tert-OH is 11. The van der Waals surface area contributed by atoms with Crippen LogP contribution in [0.15, 0.2) is 146 Å². The Hall–Kier alpha value is -4.33. The molecule has 0 aliphatic carbocycles. The molecule has 3 saturated heterocycles. The molecule has 12 N–H and O–H groups in total. The van der Waals surface area contributed by atoms with Crippen LogP contribution in [0.25, 0.3) is 0 Å². The van der Waals surface area contributed by atoms with Crippen molar-refractivity contribution in [1.29, 1.82) is 0 Å². The Balaban J connectivity index is 1.36. The maximum absolute atomic E-state index is 13.5. The summed E-state index contributed by atoms with van der Waals surface area (Å²) in [6, 6.07) is -1.01. The first-order valence-electron chi connectivity index (χ1n) is 42.6. The molecule has 0 aromatic carbocycles. The number of hydrogen-bond acceptors (Lipinski definition) is 18. The predicted octanol–water partition coefficient (Wildman–Crippen LogP) is 15.4. The molecule has 3 aliphatic heterocycles. The summed E-state index contributed by atoms with van der Waals surface area (Å²) in [5.41, 5.74) is 0. The normalized spacial score (nSPS) is 26.0. The fraction of sp³-hybridized carbons (Fsp3) is 0.722. The van der Waals surface area contributed by atoms with E-state index in [1.165, 1.54) is 135 Å². The zero-order chi connectivity index (χ0) is 78.8. The van der Waals surface area contributed by atoms with E-state index in [9.17, 15) is 61.0 Å². The summed E-state index contributed by atoms with van der Waals surface area (Å²) < 4.78 is 34.4. The molecule has 19 heteroatoms. The van der Waals surface area contributed by atoms with Gasteiger partial charge in [0.2, 0.25) is 5.91 Å². The van der Waals surface area contributed by atoms with Crippen LogP contribution in [0, 0.1) is 0 Å². The van der Waals surface area contributed by atoms with Crippen LogP contribution in [0.1, 0.15) is 284 Å². The second-order valence-corrected chi connectivity index (χ2v) is 29.5. The number of carbonyl (C=O) groups is 1. The molecule has 1 amide bonds. The van der Waals surface area contributed by atoms with Crippen LogP contribution in [0.5, 0.6) is 0 Å². The Morgan fingerprint density at radius 2 is 0.642 bits per heavy atom. The molecule has 0 bridgehead atoms. The lowest BCUT2D eigenvalue weighted by Gasteiger charge is -2.48. The average molecular weight is 1540 g/mol. The molecule has 3 rings (SSSR count). The third-order valence-electron chi connectivity index (χ3n) is 20.1. The van der Waals surface area contributed by atoms with E-state index in [1.54, 1.807) is 6.08 Å². The largest absolute Gasteiger partial charge is 0.394 e. The number of aliphatic hydroxyl groups is 11. The predicted molar refractivity (Wildman–Crippen MR) is 438 cm³/mol. The minimum atomic E-state index is -1.99. The second-order valence-electron chi connectivity index (χ2n) is 29.5. The molecule has 17 atom stereocenters. The van der Waals surface area contributed by atoms with Crippen molar-refractivity contribution < 1.29 is 89.4 Å². The number of nitrogens with one attached hydrogen (secondary N) is 1. The Labute approximate surface area is 657 Å². The van der Waals surface area contributed by atoms with Gasteiger partial charge in [0.05, 0.1) is 38.6 Å². The average Bonchev–Trinajstić information content (AvgIpc) is 0.759. The van der Waals surface area contributed by atoms with Crippen LogP contribution in [-0.4, -0.2) is 193 Å². The van der Waals surface area contributed by atoms with Gasteiger partial charge in [-0.05, 0) is 116 Å². The summed E-state index contributed by atoms with van der Waals surface area (Å²) in [7, 11) is 0. The van der Waals surface area contributed by atoms with Gasteiger partial charge in [-0.15, -0.1) is 0 Å². The van der Waals surface area contributed by atoms with Gasteiger partial charge in [-0.3, -0.25) is 4.79 Å². The van der Waals surface area contributed by atoms with Crippen molar-refractivity contribution >= 4 is 5.91 Å². The number of unbranched alkanes of at least 4 members (excludes halogenated alkanes) is 28. The maximum Gasteiger partial charge on any atom is 0.220 e. The number of amides is 1. The first-order chi connectivity index (χ1) is 53.3. The fourth-order valence-corrected chi connectivity index (χ4v) is 13.3. The molecular weight excluding hydrogens is 1380 g/mol. The second kappa shape index (κ2) is 68.1. The Morgan fingerprint density at radius 1 is 0.339 bits per heavy atom. The van der Waals surface area contributed by atoms with Crippen LogP contribution in [0.4, 0.5) is 0 Å². The first-order valence-corrected chi connectivity index (χ1v) is 42.6. The van der Waals surface area contributed by atoms with Gasteiger partial charge in [0.15, 0.2) is 18.9 Å². The summed E-state index contributed by atoms with van der Waals surface area (Å²) in [6.07, 6.45) is 72.6. The Bertz CT molecular complexity index is 2540. The van der Waals surface area contributed by atoms with Gasteiger partial charge in [-0.1, -0.05) is 307 Å². The monoisotopic (exact) mass is 1530 g/mol. The quantitative estimate of drug-likeness (QED) is 0.0199. The third kappa shape index (κ3) is 47.2. The van der Waals surface area contributed by atoms with Crippen molar-refractivity contribution in [2.45, 2.75) is 388 Å². The smallest absolute Gasteiger partial charge is 0.220 e. The fourth-order valence-electron chi connectivity index (χ4n) is 13.3. The Kier molecular flexibility index (Phi) is 61.8. The van der Waals surface area contributed by atoms with E-state index < -0.39 is 124 Å². The van der Waals surface area contributed by atoms with E-state index in [2.05, 4.69) is 153 Å². The molecule has 17 unspecified atom stereocenters. The lowest BCUT2D eigenvalue weighted by molar-refractivity contribution is -0.379. The summed E-state index contributed by atoms with van der Waals surface area (Å²) in [6.45, 7) is 1.60. The zero-order valence-electron chi connectivity index (χ0n) is 67.0. The van der Waals surface area contributed by atoms with Crippen molar-refractivity contribution in [3.63, 3.8) is 0 Å². The topological polar surface area (TPSA) is 307 Å². The summed E-state index contributed by atoms with van der Waals surface area (Å²) >= 11 is 0. The standard InChI is InChI=1S/C90H151NO18/c1-3-5-7-9-11-13-15-17-19-21-23-25-27-29-30-31-32-33-34-35-36-37-38-39-40-41-42-44-46-48-50-52-54-56-58-60-62-64-66-68-78(96)91-73(74(95)67-65-63-61-59-57-55-53-51-49-47-45-43-28-26-24-22-20-18-16-14-12-10-8-6-4-2)72-104-88-84(102)81(99)86(76(70-93)106-88)109-90-85(103)82(100)87(77(71-94)107-90)108-89-83(101)80(98)79(97)75(69-92)105-89/h5,7,11,13,17,19,23,25,29-30,32-33,35-36,38-39,41-42,49,51,57,59,65,67,73-77,79-90,92-95,97-103H,3-4,6,8-10,12,14-16,18,20-22,24,26-28,31,34,37,40,43-48,50,52-56,58,60-64,66,68-72H2,1-2H3,(H,91,96)/b7-5-,13-11-,19-17-,25-23-,30-29-,33-32-,36-35-,39-38-,42-41-,51-49+,59-57+,67-65+. The molecule has 19 nitrogen and oxygen atoms in total. The number of ether oxygens (including phenoxy) is 6. The van der Waals surface area contributed by atoms with Crippen molar-refractivity contribution in [3.05, 3.63) is 146 Å². The highest BCUT2D eigenvalue weighted by atomic mass is 16.8. The van der Waals surface area contributed by atoms with Gasteiger partial charge in [0.25, 0.3) is 0 Å². The minimum Gasteiger partial charge on any atom is -0.394 e. The zero-order valence-corrected chi connectivity index (χ0v) is 67.0. The molecule has 109 heavy (non-hydrogen) atoms. The molecule has 0 aromatic heterocycles. The van der Waals surface area contributed by atoms with Gasteiger partial charge in [-0.2, -0.15) is 0 Å². The van der Waals surface area contributed by atoms with E-state index in [-0.39, 0.29) is 18.9 Å². The molecular formula is C90H151NO18. The van der Waals surface area contributed by atoms with Crippen molar-refractivity contribution in [1.82, 2.24) is 5.32 Å². The molecule has 3 heterocycles. The van der Waals surface area contributed by atoms with E-state index in [0.717, 1.165) is 116 Å². The van der Waals surface area contributed by atoms with Gasteiger partial charge in [0.1, 0.15) is 73.2 Å². The lowest BCUT2D eigenvalue weighted by Crippen LogP contribution is -2.66. The summed E-state index contributed by atoms with van der Waals surface area (Å²) in [5, 5.41) is 121. The number of allylic oxidation sites excluding steroid dienone is 23. The minimum absolute atomic E-state index is 0.219. The molecule has 624 valence electrons. The number of carbonyl (C=O) groups excluding carboxylic acids is 1. The van der Waals surface area contributed by atoms with Gasteiger partial charge >= 0.3 is 0 Å². The van der Waals surface area contributed by atoms with E-state index >= 15 is 0 Å². The van der Waals surface area contributed by atoms with Gasteiger partial charge in [-0.25, -0.2) is 0 Å². The first kappa shape index (κ1) is 98.9. The highest BCUT2D eigenvalue weighted by Crippen LogP contribution is 2.33. The number of rotatable bonds is 66. The van der Waals surface area contributed by atoms with Crippen LogP contribution in [0.3, 0.4) is 0 Å². The van der Waals surface area contributed by atoms with E-state index in [4.69, 9.17) is 28.4 Å². The highest BCUT2D eigenvalue weighted by molar-refractivity contribution is 5.76. The van der Waals surface area contributed by atoms with Crippen LogP contribution >= 0.6 is 0 Å². The summed E-state index contributed by atoms with van der Waals surface area (Å²) in [5.74, 6) is -0.297. The maximum atomic E-state index is 13.5. The molecule has 3 fully saturated rings. The van der Waals surface area contributed by atoms with Gasteiger partial charge in [0, 0.05) is 6.42 Å². The van der Waals surface area contributed by atoms with E-state index in [0.29, 0.717) is 12.8 Å². The highest BCUT2D eigenvalue weighted by Gasteiger charge is 2.54. The van der Waals surface area contributed by atoms with E-state index in [1.807, 2.05) is 6.08 Å².